The molecule has 0 saturated carbocycles. The monoisotopic (exact) mass is 459 g/mol. The second kappa shape index (κ2) is 10.9. The van der Waals surface area contributed by atoms with Crippen LogP contribution in [0.2, 0.25) is 5.02 Å². The third-order valence-corrected chi connectivity index (χ3v) is 5.41. The van der Waals surface area contributed by atoms with E-state index in [2.05, 4.69) is 15.2 Å². The number of nitrogens with one attached hydrogen (secondary N) is 1. The number of aromatic nitrogens is 3. The number of nitrogens with zero attached hydrogens (tertiary/aromatic N) is 2. The molecule has 0 amide bonds. The van der Waals surface area contributed by atoms with E-state index in [1.165, 1.54) is 0 Å². The van der Waals surface area contributed by atoms with Crippen LogP contribution in [0.15, 0.2) is 52.5 Å². The molecule has 3 aromatic rings. The van der Waals surface area contributed by atoms with Gasteiger partial charge in [-0.1, -0.05) is 42.8 Å². The van der Waals surface area contributed by atoms with Gasteiger partial charge in [0, 0.05) is 17.0 Å². The fraction of sp³-hybridized carbons (Fsp3) is 0.227. The van der Waals surface area contributed by atoms with Crippen molar-refractivity contribution < 1.29 is 19.4 Å². The van der Waals surface area contributed by atoms with Crippen LogP contribution in [0.25, 0.3) is 6.08 Å². The summed E-state index contributed by atoms with van der Waals surface area (Å²) in [6.45, 7) is 4.53. The Labute approximate surface area is 189 Å². The van der Waals surface area contributed by atoms with Gasteiger partial charge < -0.3 is 14.6 Å². The largest absolute Gasteiger partial charge is 0.490 e. The molecule has 0 spiro atoms. The van der Waals surface area contributed by atoms with E-state index in [1.54, 1.807) is 30.3 Å². The lowest BCUT2D eigenvalue weighted by molar-refractivity contribution is -0.131. The molecule has 9 heteroatoms. The number of aliphatic carboxylic acids is 1. The number of carbonyl (C=O) groups is 1. The summed E-state index contributed by atoms with van der Waals surface area (Å²) in [5, 5.41) is 17.4. The maximum absolute atomic E-state index is 11.7. The molecule has 0 radical (unpaired) electrons. The highest BCUT2D eigenvalue weighted by Gasteiger charge is 2.15. The van der Waals surface area contributed by atoms with E-state index in [9.17, 15) is 9.90 Å². The Hall–Kier alpha value is -2.97. The smallest absolute Gasteiger partial charge is 0.342 e. The fourth-order valence-electron chi connectivity index (χ4n) is 2.64. The first kappa shape index (κ1) is 22.7. The van der Waals surface area contributed by atoms with Crippen molar-refractivity contribution >= 4 is 35.4 Å². The normalized spacial score (nSPS) is 11.4. The molecule has 0 aliphatic carbocycles. The highest BCUT2D eigenvalue weighted by molar-refractivity contribution is 8.04. The predicted molar refractivity (Wildman–Crippen MR) is 121 cm³/mol. The van der Waals surface area contributed by atoms with Crippen molar-refractivity contribution in [3.63, 3.8) is 0 Å². The highest BCUT2D eigenvalue weighted by Crippen LogP contribution is 2.32. The van der Waals surface area contributed by atoms with Crippen molar-refractivity contribution in [2.24, 2.45) is 0 Å². The van der Waals surface area contributed by atoms with Crippen LogP contribution in [0.4, 0.5) is 0 Å². The van der Waals surface area contributed by atoms with E-state index in [1.807, 2.05) is 32.0 Å². The van der Waals surface area contributed by atoms with Crippen molar-refractivity contribution in [3.8, 4) is 11.5 Å². The average molecular weight is 460 g/mol. The van der Waals surface area contributed by atoms with Gasteiger partial charge in [0.1, 0.15) is 17.3 Å². The maximum atomic E-state index is 11.7. The zero-order valence-corrected chi connectivity index (χ0v) is 18.7. The van der Waals surface area contributed by atoms with Gasteiger partial charge in [-0.25, -0.2) is 9.78 Å². The topological polar surface area (TPSA) is 97.3 Å². The van der Waals surface area contributed by atoms with Gasteiger partial charge in [-0.3, -0.25) is 5.10 Å². The van der Waals surface area contributed by atoms with Crippen molar-refractivity contribution in [1.82, 2.24) is 15.2 Å². The number of benzene rings is 2. The van der Waals surface area contributed by atoms with Crippen molar-refractivity contribution in [1.29, 1.82) is 0 Å². The minimum atomic E-state index is -1.06. The summed E-state index contributed by atoms with van der Waals surface area (Å²) in [6.07, 6.45) is 2.24. The predicted octanol–water partition coefficient (Wildman–Crippen LogP) is 5.22. The molecule has 0 aliphatic rings. The summed E-state index contributed by atoms with van der Waals surface area (Å²) in [6, 6.07) is 12.7. The number of halogens is 1. The first-order chi connectivity index (χ1) is 15.0. The molecule has 31 heavy (non-hydrogen) atoms. The number of rotatable bonds is 10. The van der Waals surface area contributed by atoms with Crippen LogP contribution in [0.5, 0.6) is 11.5 Å². The van der Waals surface area contributed by atoms with Gasteiger partial charge in [-0.05, 0) is 48.5 Å². The van der Waals surface area contributed by atoms with Crippen LogP contribution in [-0.2, 0) is 17.8 Å². The number of aromatic amines is 1. The number of H-pyrrole nitrogens is 1. The van der Waals surface area contributed by atoms with Crippen molar-refractivity contribution in [2.45, 2.75) is 32.0 Å². The lowest BCUT2D eigenvalue weighted by Gasteiger charge is -2.13. The molecule has 0 saturated heterocycles. The van der Waals surface area contributed by atoms with E-state index >= 15 is 0 Å². The molecule has 2 aromatic carbocycles. The molecule has 1 aromatic heterocycles. The maximum Gasteiger partial charge on any atom is 0.342 e. The van der Waals surface area contributed by atoms with E-state index in [4.69, 9.17) is 21.1 Å². The van der Waals surface area contributed by atoms with Crippen LogP contribution in [-0.4, -0.2) is 32.9 Å². The third kappa shape index (κ3) is 6.26. The molecule has 0 atom stereocenters. The lowest BCUT2D eigenvalue weighted by Crippen LogP contribution is -2.01. The Kier molecular flexibility index (Phi) is 7.97. The Morgan fingerprint density at radius 1 is 1.19 bits per heavy atom. The van der Waals surface area contributed by atoms with Gasteiger partial charge >= 0.3 is 5.97 Å². The van der Waals surface area contributed by atoms with Crippen LogP contribution in [0.1, 0.15) is 30.8 Å². The molecule has 0 unspecified atom stereocenters. The van der Waals surface area contributed by atoms with E-state index in [-0.39, 0.29) is 11.5 Å². The molecule has 2 N–H and O–H groups in total. The summed E-state index contributed by atoms with van der Waals surface area (Å²) < 4.78 is 11.6. The molecular weight excluding hydrogens is 438 g/mol. The summed E-state index contributed by atoms with van der Waals surface area (Å²) in [5.74, 6) is 0.699. The highest BCUT2D eigenvalue weighted by atomic mass is 35.5. The first-order valence-corrected chi connectivity index (χ1v) is 10.9. The van der Waals surface area contributed by atoms with E-state index in [0.717, 1.165) is 17.3 Å². The zero-order valence-electron chi connectivity index (χ0n) is 17.1. The third-order valence-electron chi connectivity index (χ3n) is 4.16. The Balaban J connectivity index is 1.82. The van der Waals surface area contributed by atoms with Gasteiger partial charge in [0.2, 0.25) is 5.16 Å². The first-order valence-electron chi connectivity index (χ1n) is 9.67. The Morgan fingerprint density at radius 3 is 2.68 bits per heavy atom. The number of aryl methyl sites for hydroxylation is 1. The number of thioether (sulfide) groups is 1. The second-order valence-corrected chi connectivity index (χ2v) is 7.77. The molecule has 3 rings (SSSR count). The Morgan fingerprint density at radius 2 is 2.00 bits per heavy atom. The minimum Gasteiger partial charge on any atom is -0.490 e. The number of carboxylic acids is 1. The molecule has 0 aliphatic heterocycles. The summed E-state index contributed by atoms with van der Waals surface area (Å²) in [4.78, 5) is 16.1. The quantitative estimate of drug-likeness (QED) is 0.317. The molecule has 7 nitrogen and oxygen atoms in total. The fourth-order valence-corrected chi connectivity index (χ4v) is 3.56. The number of hydrogen-bond acceptors (Lipinski definition) is 6. The number of carboxylic acid groups (broad SMARTS) is 1. The molecule has 1 heterocycles. The molecular formula is C22H22ClN3O4S. The van der Waals surface area contributed by atoms with Crippen molar-refractivity contribution in [2.75, 3.05) is 6.61 Å². The van der Waals surface area contributed by atoms with Gasteiger partial charge in [0.05, 0.1) is 6.61 Å². The number of ether oxygens (including phenoxy) is 2. The van der Waals surface area contributed by atoms with Crippen molar-refractivity contribution in [3.05, 3.63) is 69.3 Å². The van der Waals surface area contributed by atoms with Gasteiger partial charge in [-0.15, -0.1) is 5.10 Å². The minimum absolute atomic E-state index is 0.0915. The number of hydrogen-bond donors (Lipinski definition) is 2. The van der Waals surface area contributed by atoms with Gasteiger partial charge in [0.15, 0.2) is 11.5 Å². The van der Waals surface area contributed by atoms with Crippen LogP contribution >= 0.6 is 23.4 Å². The van der Waals surface area contributed by atoms with E-state index in [0.29, 0.717) is 46.1 Å². The average Bonchev–Trinajstić information content (AvgIpc) is 3.21. The van der Waals surface area contributed by atoms with Gasteiger partial charge in [-0.2, -0.15) is 0 Å². The standard InChI is InChI=1S/C22H22ClN3O4S/c1-3-20-24-22(26-25-20)31-19(21(27)28)12-14-9-10-17(18(11-14)29-4-2)30-13-15-7-5-6-8-16(15)23/h5-12H,3-4,13H2,1-2H3,(H,27,28)(H,24,25,26)/b19-12-. The molecule has 0 bridgehead atoms. The van der Waals surface area contributed by atoms with Crippen LogP contribution in [0.3, 0.4) is 0 Å². The summed E-state index contributed by atoms with van der Waals surface area (Å²) in [5.41, 5.74) is 1.52. The molecule has 0 fully saturated rings. The zero-order chi connectivity index (χ0) is 22.2. The second-order valence-electron chi connectivity index (χ2n) is 6.35. The lowest BCUT2D eigenvalue weighted by atomic mass is 10.2. The molecule has 162 valence electrons. The SMILES string of the molecule is CCOc1cc(/C=C(\Sc2n[nH]c(CC)n2)C(=O)O)ccc1OCc1ccccc1Cl. The summed E-state index contributed by atoms with van der Waals surface area (Å²) >= 11 is 7.17. The summed E-state index contributed by atoms with van der Waals surface area (Å²) in [7, 11) is 0. The van der Waals surface area contributed by atoms with E-state index < -0.39 is 5.97 Å². The van der Waals surface area contributed by atoms with Gasteiger partial charge in [0.25, 0.3) is 0 Å². The van der Waals surface area contributed by atoms with Crippen LogP contribution in [0, 0.1) is 0 Å². The van der Waals surface area contributed by atoms with Crippen LogP contribution < -0.4 is 9.47 Å². The Bertz CT molecular complexity index is 1080.